The van der Waals surface area contributed by atoms with Gasteiger partial charge < -0.3 is 16.0 Å². The van der Waals surface area contributed by atoms with Crippen LogP contribution >= 0.6 is 11.6 Å². The maximum atomic E-state index is 13.2. The van der Waals surface area contributed by atoms with Gasteiger partial charge in [-0.05, 0) is 61.3 Å². The van der Waals surface area contributed by atoms with E-state index in [9.17, 15) is 18.0 Å². The molecule has 7 nitrogen and oxygen atoms in total. The minimum atomic E-state index is -4.52. The molecular formula is C22H20ClF3N6O. The van der Waals surface area contributed by atoms with Gasteiger partial charge in [0.1, 0.15) is 11.5 Å². The number of hydrogen-bond acceptors (Lipinski definition) is 6. The quantitative estimate of drug-likeness (QED) is 0.416. The highest BCUT2D eigenvalue weighted by Crippen LogP contribution is 2.35. The van der Waals surface area contributed by atoms with E-state index in [1.165, 1.54) is 6.07 Å². The molecule has 3 N–H and O–H groups in total. The molecule has 0 radical (unpaired) electrons. The first-order valence-corrected chi connectivity index (χ1v) is 10.4. The van der Waals surface area contributed by atoms with E-state index in [1.807, 2.05) is 0 Å². The van der Waals surface area contributed by atoms with Gasteiger partial charge in [-0.25, -0.2) is 15.0 Å². The summed E-state index contributed by atoms with van der Waals surface area (Å²) >= 11 is 6.09. The van der Waals surface area contributed by atoms with E-state index in [4.69, 9.17) is 17.3 Å². The van der Waals surface area contributed by atoms with E-state index < -0.39 is 17.8 Å². The summed E-state index contributed by atoms with van der Waals surface area (Å²) in [6, 6.07) is 8.00. The molecule has 1 aliphatic heterocycles. The molecule has 1 aliphatic rings. The first kappa shape index (κ1) is 22.8. The number of alkyl halides is 3. The highest BCUT2D eigenvalue weighted by molar-refractivity contribution is 6.28. The molecule has 0 saturated heterocycles. The lowest BCUT2D eigenvalue weighted by Gasteiger charge is -2.19. The van der Waals surface area contributed by atoms with Crippen molar-refractivity contribution in [2.24, 2.45) is 0 Å². The van der Waals surface area contributed by atoms with Crippen LogP contribution in [0.4, 0.5) is 24.7 Å². The molecule has 3 heterocycles. The number of nitrogen functional groups attached to an aromatic ring is 1. The molecule has 2 aromatic heterocycles. The summed E-state index contributed by atoms with van der Waals surface area (Å²) in [5.74, 6) is 0.0819. The topological polar surface area (TPSA) is 97.0 Å². The normalized spacial score (nSPS) is 14.2. The van der Waals surface area contributed by atoms with Gasteiger partial charge in [-0.1, -0.05) is 6.07 Å². The van der Waals surface area contributed by atoms with Gasteiger partial charge in [0.15, 0.2) is 0 Å². The number of nitrogens with zero attached hydrogens (tertiary/aromatic N) is 4. The minimum Gasteiger partial charge on any atom is -0.399 e. The number of aromatic nitrogens is 3. The largest absolute Gasteiger partial charge is 0.416 e. The first-order chi connectivity index (χ1) is 15.5. The molecule has 1 aromatic carbocycles. The molecule has 0 aliphatic carbocycles. The fraction of sp³-hybridized carbons (Fsp3) is 0.273. The lowest BCUT2D eigenvalue weighted by Crippen LogP contribution is -2.26. The highest BCUT2D eigenvalue weighted by Gasteiger charge is 2.32. The molecule has 1 amide bonds. The van der Waals surface area contributed by atoms with Gasteiger partial charge in [0.25, 0.3) is 5.91 Å². The van der Waals surface area contributed by atoms with Gasteiger partial charge in [0.2, 0.25) is 5.28 Å². The lowest BCUT2D eigenvalue weighted by atomic mass is 10.0. The maximum absolute atomic E-state index is 13.2. The predicted molar refractivity (Wildman–Crippen MR) is 117 cm³/mol. The van der Waals surface area contributed by atoms with Crippen molar-refractivity contribution in [3.63, 3.8) is 0 Å². The van der Waals surface area contributed by atoms with Crippen molar-refractivity contribution >= 4 is 29.0 Å². The Morgan fingerprint density at radius 1 is 1.18 bits per heavy atom. The maximum Gasteiger partial charge on any atom is 0.416 e. The van der Waals surface area contributed by atoms with Gasteiger partial charge in [-0.3, -0.25) is 4.79 Å². The van der Waals surface area contributed by atoms with E-state index in [-0.39, 0.29) is 30.0 Å². The fourth-order valence-corrected chi connectivity index (χ4v) is 3.88. The standard InChI is InChI=1S/C22H20ClF3N6O/c1-11-4-3-5-17(28-11)20(33)32-9-16-18(10-32)30-21(23)31-19(16)29-12(2)13-6-14(22(24,25)26)8-15(27)7-13/h3-8,12H,9-10,27H2,1-2H3,(H,29,30,31)/t12-/m1/s1. The van der Waals surface area contributed by atoms with Crippen molar-refractivity contribution < 1.29 is 18.0 Å². The third-order valence-corrected chi connectivity index (χ3v) is 5.48. The molecule has 1 atom stereocenters. The van der Waals surface area contributed by atoms with Crippen molar-refractivity contribution in [1.82, 2.24) is 19.9 Å². The van der Waals surface area contributed by atoms with Crippen LogP contribution in [0.1, 0.15) is 51.5 Å². The number of pyridine rings is 1. The third-order valence-electron chi connectivity index (χ3n) is 5.31. The zero-order valence-electron chi connectivity index (χ0n) is 17.7. The molecule has 0 fully saturated rings. The number of carbonyl (C=O) groups is 1. The Morgan fingerprint density at radius 3 is 2.64 bits per heavy atom. The molecule has 0 spiro atoms. The van der Waals surface area contributed by atoms with Crippen LogP contribution < -0.4 is 11.1 Å². The van der Waals surface area contributed by atoms with Crippen LogP contribution in [0.3, 0.4) is 0 Å². The predicted octanol–water partition coefficient (Wildman–Crippen LogP) is 4.76. The summed E-state index contributed by atoms with van der Waals surface area (Å²) < 4.78 is 39.6. The number of rotatable bonds is 4. The Kier molecular flexibility index (Phi) is 5.87. The second kappa shape index (κ2) is 8.51. The first-order valence-electron chi connectivity index (χ1n) is 10.0. The van der Waals surface area contributed by atoms with Crippen LogP contribution in [-0.2, 0) is 19.3 Å². The molecule has 172 valence electrons. The van der Waals surface area contributed by atoms with Crippen LogP contribution in [-0.4, -0.2) is 25.8 Å². The van der Waals surface area contributed by atoms with Crippen LogP contribution in [0, 0.1) is 6.92 Å². The molecular weight excluding hydrogens is 457 g/mol. The summed E-state index contributed by atoms with van der Waals surface area (Å²) in [5, 5.41) is 3.07. The van der Waals surface area contributed by atoms with E-state index in [0.29, 0.717) is 28.3 Å². The van der Waals surface area contributed by atoms with E-state index in [0.717, 1.165) is 17.8 Å². The minimum absolute atomic E-state index is 0.00171. The third kappa shape index (κ3) is 4.85. The Labute approximate surface area is 192 Å². The average Bonchev–Trinajstić information content (AvgIpc) is 3.16. The summed E-state index contributed by atoms with van der Waals surface area (Å²) in [7, 11) is 0. The molecule has 3 aromatic rings. The van der Waals surface area contributed by atoms with Gasteiger partial charge in [-0.15, -0.1) is 0 Å². The number of amides is 1. The van der Waals surface area contributed by atoms with Gasteiger partial charge in [-0.2, -0.15) is 13.2 Å². The zero-order valence-corrected chi connectivity index (χ0v) is 18.5. The average molecular weight is 477 g/mol. The summed E-state index contributed by atoms with van der Waals surface area (Å²) in [4.78, 5) is 27.2. The van der Waals surface area contributed by atoms with Gasteiger partial charge in [0, 0.05) is 16.9 Å². The van der Waals surface area contributed by atoms with Crippen molar-refractivity contribution in [2.45, 2.75) is 39.2 Å². The molecule has 11 heteroatoms. The number of hydrogen-bond donors (Lipinski definition) is 2. The monoisotopic (exact) mass is 476 g/mol. The second-order valence-corrected chi connectivity index (χ2v) is 8.18. The molecule has 4 rings (SSSR count). The number of nitrogens with one attached hydrogen (secondary N) is 1. The van der Waals surface area contributed by atoms with Gasteiger partial charge >= 0.3 is 6.18 Å². The highest BCUT2D eigenvalue weighted by atomic mass is 35.5. The summed E-state index contributed by atoms with van der Waals surface area (Å²) in [6.07, 6.45) is -4.52. The molecule has 0 bridgehead atoms. The number of fused-ring (bicyclic) bond motifs is 1. The summed E-state index contributed by atoms with van der Waals surface area (Å²) in [6.45, 7) is 3.91. The van der Waals surface area contributed by atoms with Gasteiger partial charge in [0.05, 0.1) is 30.4 Å². The van der Waals surface area contributed by atoms with Crippen molar-refractivity contribution in [3.05, 3.63) is 75.5 Å². The molecule has 0 unspecified atom stereocenters. The lowest BCUT2D eigenvalue weighted by molar-refractivity contribution is -0.137. The van der Waals surface area contributed by atoms with Crippen molar-refractivity contribution in [1.29, 1.82) is 0 Å². The number of halogens is 4. The number of aryl methyl sites for hydroxylation is 1. The number of anilines is 2. The van der Waals surface area contributed by atoms with Crippen LogP contribution in [0.2, 0.25) is 5.28 Å². The van der Waals surface area contributed by atoms with E-state index >= 15 is 0 Å². The zero-order chi connectivity index (χ0) is 23.9. The van der Waals surface area contributed by atoms with Crippen LogP contribution in [0.15, 0.2) is 36.4 Å². The molecule has 0 saturated carbocycles. The Balaban J connectivity index is 1.60. The number of nitrogens with two attached hydrogens (primary N) is 1. The second-order valence-electron chi connectivity index (χ2n) is 7.84. The van der Waals surface area contributed by atoms with Crippen LogP contribution in [0.5, 0.6) is 0 Å². The summed E-state index contributed by atoms with van der Waals surface area (Å²) in [5.41, 5.74) is 7.43. The fourth-order valence-electron chi connectivity index (χ4n) is 3.69. The van der Waals surface area contributed by atoms with E-state index in [1.54, 1.807) is 36.9 Å². The smallest absolute Gasteiger partial charge is 0.399 e. The Bertz CT molecular complexity index is 1230. The molecule has 33 heavy (non-hydrogen) atoms. The van der Waals surface area contributed by atoms with Crippen molar-refractivity contribution in [2.75, 3.05) is 11.1 Å². The SMILES string of the molecule is Cc1cccc(C(=O)N2Cc3nc(Cl)nc(N[C@H](C)c4cc(N)cc(C(F)(F)F)c4)c3C2)n1. The number of benzene rings is 1. The Morgan fingerprint density at radius 2 is 1.94 bits per heavy atom. The number of carbonyl (C=O) groups excluding carboxylic acids is 1. The Hall–Kier alpha value is -3.40. The van der Waals surface area contributed by atoms with Crippen molar-refractivity contribution in [3.8, 4) is 0 Å². The van der Waals surface area contributed by atoms with E-state index in [2.05, 4.69) is 20.3 Å². The van der Waals surface area contributed by atoms with Crippen LogP contribution in [0.25, 0.3) is 0 Å².